The van der Waals surface area contributed by atoms with Crippen molar-refractivity contribution in [2.24, 2.45) is 0 Å². The number of rotatable bonds is 5. The van der Waals surface area contributed by atoms with Gasteiger partial charge in [-0.1, -0.05) is 0 Å². The van der Waals surface area contributed by atoms with Crippen molar-refractivity contribution in [1.29, 1.82) is 0 Å². The molecule has 0 saturated heterocycles. The molecule has 0 amide bonds. The molecule has 0 radical (unpaired) electrons. The SMILES string of the molecule is Cc1cc(C)[c]([Ge]([c]2c(C)cc(C)cc2C)([c]2c(C)cc(C)cc2C)[CH](O)c2ccco2)c(C)c1. The van der Waals surface area contributed by atoms with Crippen LogP contribution >= 0.6 is 0 Å². The second kappa shape index (κ2) is 9.48. The second-order valence-electron chi connectivity index (χ2n) is 10.5. The van der Waals surface area contributed by atoms with Gasteiger partial charge in [-0.2, -0.15) is 0 Å². The summed E-state index contributed by atoms with van der Waals surface area (Å²) in [4.78, 5) is -0.731. The Kier molecular flexibility index (Phi) is 6.92. The standard InChI is InChI=1S/C32H38GeO2/c1-19-13-22(4)29(23(5)14-19)33(32(34)28-11-10-12-35-28,30-24(6)15-20(2)16-25(30)7)31-26(8)17-21(3)18-27(31)9/h10-18,32,34H,1-9H3. The Morgan fingerprint density at radius 2 is 0.886 bits per heavy atom. The van der Waals surface area contributed by atoms with Gasteiger partial charge in [0, 0.05) is 0 Å². The predicted octanol–water partition coefficient (Wildman–Crippen LogP) is 5.80. The maximum absolute atomic E-state index is 12.6. The number of furan rings is 1. The van der Waals surface area contributed by atoms with Gasteiger partial charge >= 0.3 is 214 Å². The fourth-order valence-corrected chi connectivity index (χ4v) is 20.1. The molecule has 2 nitrogen and oxygen atoms in total. The summed E-state index contributed by atoms with van der Waals surface area (Å²) in [5, 5.41) is 12.6. The second-order valence-corrected chi connectivity index (χ2v) is 18.2. The first-order valence-electron chi connectivity index (χ1n) is 12.4. The number of aliphatic hydroxyl groups is 1. The number of benzene rings is 3. The molecule has 0 saturated carbocycles. The predicted molar refractivity (Wildman–Crippen MR) is 150 cm³/mol. The zero-order valence-electron chi connectivity index (χ0n) is 22.6. The van der Waals surface area contributed by atoms with E-state index < -0.39 is 18.2 Å². The molecule has 0 spiro atoms. The minimum atomic E-state index is -3.89. The van der Waals surface area contributed by atoms with E-state index in [1.807, 2.05) is 12.1 Å². The van der Waals surface area contributed by atoms with Crippen molar-refractivity contribution >= 4 is 26.5 Å². The Morgan fingerprint density at radius 1 is 0.571 bits per heavy atom. The fourth-order valence-electron chi connectivity index (χ4n) is 6.85. The zero-order valence-corrected chi connectivity index (χ0v) is 24.7. The Labute approximate surface area is 213 Å². The van der Waals surface area contributed by atoms with Crippen LogP contribution in [0.3, 0.4) is 0 Å². The molecule has 3 heteroatoms. The summed E-state index contributed by atoms with van der Waals surface area (Å²) < 4.78 is 9.99. The van der Waals surface area contributed by atoms with Crippen molar-refractivity contribution in [1.82, 2.24) is 0 Å². The van der Waals surface area contributed by atoms with Crippen molar-refractivity contribution in [3.8, 4) is 0 Å². The van der Waals surface area contributed by atoms with E-state index in [4.69, 9.17) is 4.42 Å². The van der Waals surface area contributed by atoms with E-state index in [-0.39, 0.29) is 0 Å². The van der Waals surface area contributed by atoms with Gasteiger partial charge in [-0.25, -0.2) is 0 Å². The first-order valence-corrected chi connectivity index (χ1v) is 16.8. The molecule has 1 aromatic heterocycles. The molecule has 182 valence electrons. The third kappa shape index (κ3) is 4.21. The summed E-state index contributed by atoms with van der Waals surface area (Å²) >= 11 is -3.89. The van der Waals surface area contributed by atoms with Crippen LogP contribution in [0.15, 0.2) is 59.2 Å². The van der Waals surface area contributed by atoms with E-state index in [0.29, 0.717) is 5.76 Å². The van der Waals surface area contributed by atoms with Crippen LogP contribution in [0.2, 0.25) is 0 Å². The van der Waals surface area contributed by atoms with Gasteiger partial charge in [-0.05, 0) is 0 Å². The van der Waals surface area contributed by atoms with Gasteiger partial charge in [0.15, 0.2) is 0 Å². The molecule has 0 fully saturated rings. The van der Waals surface area contributed by atoms with Crippen molar-refractivity contribution in [2.45, 2.75) is 67.3 Å². The number of hydrogen-bond donors (Lipinski definition) is 1. The summed E-state index contributed by atoms with van der Waals surface area (Å²) in [6.07, 6.45) is 1.68. The fraction of sp³-hybridized carbons (Fsp3) is 0.312. The molecule has 1 unspecified atom stereocenters. The summed E-state index contributed by atoms with van der Waals surface area (Å²) in [5.41, 5.74) is 11.3. The molecule has 4 rings (SSSR count). The average Bonchev–Trinajstić information content (AvgIpc) is 3.25. The Balaban J connectivity index is 2.34. The van der Waals surface area contributed by atoms with Crippen LogP contribution in [-0.2, 0) is 0 Å². The van der Waals surface area contributed by atoms with Gasteiger partial charge in [0.1, 0.15) is 0 Å². The monoisotopic (exact) mass is 528 g/mol. The molecule has 3 aromatic carbocycles. The van der Waals surface area contributed by atoms with Gasteiger partial charge in [0.05, 0.1) is 0 Å². The molecule has 4 aromatic rings. The van der Waals surface area contributed by atoms with Crippen LogP contribution < -0.4 is 13.2 Å². The van der Waals surface area contributed by atoms with E-state index in [9.17, 15) is 5.11 Å². The normalized spacial score (nSPS) is 12.7. The van der Waals surface area contributed by atoms with Crippen LogP contribution in [0.4, 0.5) is 0 Å². The third-order valence-electron chi connectivity index (χ3n) is 7.44. The number of hydrogen-bond acceptors (Lipinski definition) is 2. The summed E-state index contributed by atoms with van der Waals surface area (Å²) in [7, 11) is 0. The molecular formula is C32H38GeO2. The first kappa shape index (κ1) is 25.5. The Hall–Kier alpha value is -2.56. The van der Waals surface area contributed by atoms with Gasteiger partial charge < -0.3 is 0 Å². The van der Waals surface area contributed by atoms with Crippen LogP contribution in [0, 0.1) is 62.3 Å². The van der Waals surface area contributed by atoms with E-state index in [1.54, 1.807) is 6.26 Å². The first-order chi connectivity index (χ1) is 16.5. The van der Waals surface area contributed by atoms with E-state index in [0.717, 1.165) is 0 Å². The summed E-state index contributed by atoms with van der Waals surface area (Å²) in [6, 6.07) is 17.6. The van der Waals surface area contributed by atoms with Crippen molar-refractivity contribution in [3.05, 3.63) is 111 Å². The van der Waals surface area contributed by atoms with Crippen molar-refractivity contribution in [3.63, 3.8) is 0 Å². The van der Waals surface area contributed by atoms with Crippen LogP contribution in [0.1, 0.15) is 60.8 Å². The molecule has 0 aliphatic heterocycles. The van der Waals surface area contributed by atoms with Gasteiger partial charge in [0.25, 0.3) is 0 Å². The molecule has 0 bridgehead atoms. The number of aliphatic hydroxyl groups excluding tert-OH is 1. The minimum absolute atomic E-state index is 0.656. The molecule has 0 aliphatic rings. The zero-order chi connectivity index (χ0) is 25.7. The Morgan fingerprint density at radius 3 is 1.14 bits per heavy atom. The molecule has 35 heavy (non-hydrogen) atoms. The van der Waals surface area contributed by atoms with E-state index >= 15 is 0 Å². The Bertz CT molecular complexity index is 1190. The van der Waals surface area contributed by atoms with Crippen LogP contribution in [-0.4, -0.2) is 18.4 Å². The molecular weight excluding hydrogens is 489 g/mol. The van der Waals surface area contributed by atoms with Crippen molar-refractivity contribution < 1.29 is 9.52 Å². The molecule has 1 heterocycles. The summed E-state index contributed by atoms with van der Waals surface area (Å²) in [6.45, 7) is 19.8. The van der Waals surface area contributed by atoms with Crippen LogP contribution in [0.25, 0.3) is 0 Å². The molecule has 1 atom stereocenters. The average molecular weight is 527 g/mol. The molecule has 0 aliphatic carbocycles. The van der Waals surface area contributed by atoms with Gasteiger partial charge in [0.2, 0.25) is 0 Å². The summed E-state index contributed by atoms with van der Waals surface area (Å²) in [5.74, 6) is 0.656. The van der Waals surface area contributed by atoms with E-state index in [1.165, 1.54) is 63.3 Å². The van der Waals surface area contributed by atoms with Gasteiger partial charge in [-0.15, -0.1) is 0 Å². The van der Waals surface area contributed by atoms with Crippen molar-refractivity contribution in [2.75, 3.05) is 0 Å². The van der Waals surface area contributed by atoms with Crippen LogP contribution in [0.5, 0.6) is 0 Å². The van der Waals surface area contributed by atoms with E-state index in [2.05, 4.69) is 98.7 Å². The molecule has 1 N–H and O–H groups in total. The number of aryl methyl sites for hydroxylation is 9. The maximum atomic E-state index is 12.6. The third-order valence-corrected chi connectivity index (χ3v) is 19.7. The topological polar surface area (TPSA) is 33.4 Å². The van der Waals surface area contributed by atoms with Gasteiger partial charge in [-0.3, -0.25) is 0 Å². The quantitative estimate of drug-likeness (QED) is 0.333.